The Bertz CT molecular complexity index is 852. The van der Waals surface area contributed by atoms with Gasteiger partial charge >= 0.3 is 5.97 Å². The van der Waals surface area contributed by atoms with Crippen LogP contribution >= 0.6 is 0 Å². The highest BCUT2D eigenvalue weighted by molar-refractivity contribution is 5.96. The number of aromatic nitrogens is 1. The Labute approximate surface area is 168 Å². The summed E-state index contributed by atoms with van der Waals surface area (Å²) in [6, 6.07) is 6.68. The van der Waals surface area contributed by atoms with Crippen molar-refractivity contribution in [1.29, 1.82) is 0 Å². The quantitative estimate of drug-likeness (QED) is 0.719. The standard InChI is InChI=1S/C20H24N4O5/c1-28-20(27)17-6-5-16(29-17)14-23-8-3-9-24(11-10-23)18(25)13-22-19(26)15-4-2-7-21-12-15/h2,4-7,12H,3,8-11,13-14H2,1H3,(H,22,26). The number of furan rings is 1. The average molecular weight is 400 g/mol. The Hall–Kier alpha value is -3.20. The van der Waals surface area contributed by atoms with Gasteiger partial charge in [0.1, 0.15) is 5.76 Å². The minimum atomic E-state index is -0.503. The zero-order valence-electron chi connectivity index (χ0n) is 16.3. The Kier molecular flexibility index (Phi) is 6.96. The van der Waals surface area contributed by atoms with Gasteiger partial charge in [-0.25, -0.2) is 4.79 Å². The van der Waals surface area contributed by atoms with Gasteiger partial charge in [0.25, 0.3) is 5.91 Å². The van der Waals surface area contributed by atoms with Gasteiger partial charge in [0.15, 0.2) is 0 Å². The Morgan fingerprint density at radius 1 is 1.17 bits per heavy atom. The number of nitrogens with zero attached hydrogens (tertiary/aromatic N) is 3. The number of esters is 1. The molecule has 2 aromatic rings. The van der Waals surface area contributed by atoms with Crippen molar-refractivity contribution in [1.82, 2.24) is 20.1 Å². The molecule has 0 atom stereocenters. The number of ether oxygens (including phenoxy) is 1. The van der Waals surface area contributed by atoms with Crippen molar-refractivity contribution in [3.8, 4) is 0 Å². The van der Waals surface area contributed by atoms with Crippen molar-refractivity contribution >= 4 is 17.8 Å². The molecule has 29 heavy (non-hydrogen) atoms. The van der Waals surface area contributed by atoms with Crippen LogP contribution in [0.1, 0.15) is 33.1 Å². The molecular formula is C20H24N4O5. The highest BCUT2D eigenvalue weighted by atomic mass is 16.5. The molecule has 0 aliphatic carbocycles. The second-order valence-electron chi connectivity index (χ2n) is 6.69. The Morgan fingerprint density at radius 3 is 2.79 bits per heavy atom. The van der Waals surface area contributed by atoms with Crippen LogP contribution in [0.2, 0.25) is 0 Å². The third kappa shape index (κ3) is 5.64. The molecular weight excluding hydrogens is 376 g/mol. The predicted octanol–water partition coefficient (Wildman–Crippen LogP) is 0.925. The smallest absolute Gasteiger partial charge is 0.373 e. The largest absolute Gasteiger partial charge is 0.463 e. The topological polar surface area (TPSA) is 105 Å². The number of pyridine rings is 1. The summed E-state index contributed by atoms with van der Waals surface area (Å²) in [5, 5.41) is 2.64. The van der Waals surface area contributed by atoms with E-state index < -0.39 is 5.97 Å². The molecule has 2 aromatic heterocycles. The van der Waals surface area contributed by atoms with Crippen LogP contribution in [0, 0.1) is 0 Å². The van der Waals surface area contributed by atoms with Gasteiger partial charge in [-0.3, -0.25) is 19.5 Å². The van der Waals surface area contributed by atoms with Crippen molar-refractivity contribution < 1.29 is 23.5 Å². The normalized spacial score (nSPS) is 14.9. The molecule has 0 aromatic carbocycles. The summed E-state index contributed by atoms with van der Waals surface area (Å²) in [5.41, 5.74) is 0.423. The monoisotopic (exact) mass is 400 g/mol. The van der Waals surface area contributed by atoms with Crippen LogP contribution in [0.15, 0.2) is 41.1 Å². The third-order valence-electron chi connectivity index (χ3n) is 4.69. The molecule has 1 aliphatic heterocycles. The van der Waals surface area contributed by atoms with Crippen LogP contribution in [-0.4, -0.2) is 72.4 Å². The molecule has 1 fully saturated rings. The van der Waals surface area contributed by atoms with Gasteiger partial charge in [-0.2, -0.15) is 0 Å². The van der Waals surface area contributed by atoms with E-state index in [1.165, 1.54) is 13.3 Å². The summed E-state index contributed by atoms with van der Waals surface area (Å²) in [5.74, 6) is -0.0817. The zero-order valence-corrected chi connectivity index (χ0v) is 16.3. The van der Waals surface area contributed by atoms with Crippen LogP contribution in [0.5, 0.6) is 0 Å². The average Bonchev–Trinajstić information content (AvgIpc) is 3.09. The minimum absolute atomic E-state index is 0.0472. The van der Waals surface area contributed by atoms with Crippen molar-refractivity contribution in [3.05, 3.63) is 53.7 Å². The molecule has 1 aliphatic rings. The highest BCUT2D eigenvalue weighted by Crippen LogP contribution is 2.13. The van der Waals surface area contributed by atoms with Crippen LogP contribution in [-0.2, 0) is 16.1 Å². The number of hydrogen-bond donors (Lipinski definition) is 1. The fourth-order valence-corrected chi connectivity index (χ4v) is 3.14. The minimum Gasteiger partial charge on any atom is -0.463 e. The maximum atomic E-state index is 12.5. The number of carbonyl (C=O) groups excluding carboxylic acids is 3. The first-order valence-electron chi connectivity index (χ1n) is 9.42. The summed E-state index contributed by atoms with van der Waals surface area (Å²) < 4.78 is 10.2. The molecule has 0 radical (unpaired) electrons. The van der Waals surface area contributed by atoms with E-state index in [1.54, 1.807) is 35.4 Å². The van der Waals surface area contributed by atoms with Gasteiger partial charge in [-0.1, -0.05) is 0 Å². The first-order chi connectivity index (χ1) is 14.1. The van der Waals surface area contributed by atoms with E-state index in [0.29, 0.717) is 37.5 Å². The number of amides is 2. The number of rotatable bonds is 6. The van der Waals surface area contributed by atoms with E-state index in [2.05, 4.69) is 19.9 Å². The third-order valence-corrected chi connectivity index (χ3v) is 4.69. The number of carbonyl (C=O) groups is 3. The number of hydrogen-bond acceptors (Lipinski definition) is 7. The summed E-state index contributed by atoms with van der Waals surface area (Å²) in [7, 11) is 1.31. The van der Waals surface area contributed by atoms with Crippen LogP contribution in [0.25, 0.3) is 0 Å². The lowest BCUT2D eigenvalue weighted by atomic mass is 10.2. The van der Waals surface area contributed by atoms with Crippen molar-refractivity contribution in [2.45, 2.75) is 13.0 Å². The van der Waals surface area contributed by atoms with Crippen LogP contribution in [0.3, 0.4) is 0 Å². The van der Waals surface area contributed by atoms with Gasteiger partial charge in [0, 0.05) is 38.6 Å². The van der Waals surface area contributed by atoms with E-state index in [-0.39, 0.29) is 24.1 Å². The van der Waals surface area contributed by atoms with Crippen molar-refractivity contribution in [2.24, 2.45) is 0 Å². The number of methoxy groups -OCH3 is 1. The fraction of sp³-hybridized carbons (Fsp3) is 0.400. The summed E-state index contributed by atoms with van der Waals surface area (Å²) in [4.78, 5) is 43.8. The maximum Gasteiger partial charge on any atom is 0.373 e. The van der Waals surface area contributed by atoms with E-state index in [9.17, 15) is 14.4 Å². The van der Waals surface area contributed by atoms with Crippen molar-refractivity contribution in [2.75, 3.05) is 39.8 Å². The molecule has 1 N–H and O–H groups in total. The van der Waals surface area contributed by atoms with Crippen LogP contribution < -0.4 is 5.32 Å². The Morgan fingerprint density at radius 2 is 2.03 bits per heavy atom. The lowest BCUT2D eigenvalue weighted by Gasteiger charge is -2.21. The van der Waals surface area contributed by atoms with Gasteiger partial charge in [0.2, 0.25) is 11.7 Å². The molecule has 2 amide bonds. The lowest BCUT2D eigenvalue weighted by Crippen LogP contribution is -2.42. The van der Waals surface area contributed by atoms with Crippen LogP contribution in [0.4, 0.5) is 0 Å². The molecule has 0 unspecified atom stereocenters. The maximum absolute atomic E-state index is 12.5. The number of nitrogens with one attached hydrogen (secondary N) is 1. The van der Waals surface area contributed by atoms with E-state index in [4.69, 9.17) is 4.42 Å². The van der Waals surface area contributed by atoms with E-state index in [1.807, 2.05) is 0 Å². The fourth-order valence-electron chi connectivity index (χ4n) is 3.14. The zero-order chi connectivity index (χ0) is 20.6. The van der Waals surface area contributed by atoms with Crippen molar-refractivity contribution in [3.63, 3.8) is 0 Å². The molecule has 0 saturated carbocycles. The molecule has 9 nitrogen and oxygen atoms in total. The molecule has 0 spiro atoms. The predicted molar refractivity (Wildman–Crippen MR) is 103 cm³/mol. The molecule has 0 bridgehead atoms. The van der Waals surface area contributed by atoms with Gasteiger partial charge in [0.05, 0.1) is 25.8 Å². The molecule has 1 saturated heterocycles. The summed E-state index contributed by atoms with van der Waals surface area (Å²) >= 11 is 0. The summed E-state index contributed by atoms with van der Waals surface area (Å²) in [6.07, 6.45) is 3.86. The summed E-state index contributed by atoms with van der Waals surface area (Å²) in [6.45, 7) is 3.18. The van der Waals surface area contributed by atoms with Gasteiger partial charge in [-0.15, -0.1) is 0 Å². The Balaban J connectivity index is 1.46. The van der Waals surface area contributed by atoms with Gasteiger partial charge < -0.3 is 19.4 Å². The molecule has 154 valence electrons. The first-order valence-corrected chi connectivity index (χ1v) is 9.42. The first kappa shape index (κ1) is 20.5. The lowest BCUT2D eigenvalue weighted by molar-refractivity contribution is -0.130. The molecule has 3 heterocycles. The second kappa shape index (κ2) is 9.83. The highest BCUT2D eigenvalue weighted by Gasteiger charge is 2.21. The van der Waals surface area contributed by atoms with E-state index >= 15 is 0 Å². The molecule has 3 rings (SSSR count). The molecule has 9 heteroatoms. The van der Waals surface area contributed by atoms with Gasteiger partial charge in [-0.05, 0) is 30.7 Å². The second-order valence-corrected chi connectivity index (χ2v) is 6.69. The van der Waals surface area contributed by atoms with E-state index in [0.717, 1.165) is 13.0 Å². The SMILES string of the molecule is COC(=O)c1ccc(CN2CCCN(C(=O)CNC(=O)c3cccnc3)CC2)o1.